The van der Waals surface area contributed by atoms with Crippen LogP contribution in [0.4, 0.5) is 29.2 Å². The highest BCUT2D eigenvalue weighted by Crippen LogP contribution is 2.43. The molecule has 8 nitrogen and oxygen atoms in total. The Labute approximate surface area is 233 Å². The molecule has 0 aliphatic rings. The van der Waals surface area contributed by atoms with Crippen molar-refractivity contribution in [1.29, 1.82) is 0 Å². The van der Waals surface area contributed by atoms with E-state index in [9.17, 15) is 21.6 Å². The van der Waals surface area contributed by atoms with E-state index >= 15 is 4.39 Å². The molecule has 0 spiro atoms. The normalized spacial score (nSPS) is 11.4. The predicted molar refractivity (Wildman–Crippen MR) is 143 cm³/mol. The second-order valence-corrected chi connectivity index (χ2v) is 11.1. The van der Waals surface area contributed by atoms with Crippen LogP contribution >= 0.6 is 22.9 Å². The zero-order valence-electron chi connectivity index (χ0n) is 20.1. The van der Waals surface area contributed by atoms with Crippen molar-refractivity contribution in [3.05, 3.63) is 89.3 Å². The molecule has 3 aromatic heterocycles. The highest BCUT2D eigenvalue weighted by Gasteiger charge is 2.28. The number of thiazole rings is 1. The first-order valence-electron chi connectivity index (χ1n) is 11.2. The summed E-state index contributed by atoms with van der Waals surface area (Å²) < 4.78 is 85.9. The van der Waals surface area contributed by atoms with E-state index in [1.807, 2.05) is 4.72 Å². The van der Waals surface area contributed by atoms with Gasteiger partial charge < -0.3 is 5.32 Å². The van der Waals surface area contributed by atoms with Crippen LogP contribution in [0.15, 0.2) is 66.0 Å². The number of sulfonamides is 1. The second kappa shape index (κ2) is 10.8. The smallest absolute Gasteiger partial charge is 0.267 e. The molecule has 40 heavy (non-hydrogen) atoms. The molecule has 0 radical (unpaired) electrons. The summed E-state index contributed by atoms with van der Waals surface area (Å²) in [6.07, 6.45) is 3.83. The fourth-order valence-electron chi connectivity index (χ4n) is 3.71. The number of hydrogen-bond donors (Lipinski definition) is 2. The summed E-state index contributed by atoms with van der Waals surface area (Å²) in [5.41, 5.74) is -0.346. The first kappa shape index (κ1) is 27.4. The maximum atomic E-state index is 16.0. The van der Waals surface area contributed by atoms with Crippen molar-refractivity contribution in [2.75, 3.05) is 17.1 Å². The molecule has 0 aliphatic heterocycles. The van der Waals surface area contributed by atoms with Crippen molar-refractivity contribution in [3.8, 4) is 32.4 Å². The van der Waals surface area contributed by atoms with Crippen molar-refractivity contribution in [2.24, 2.45) is 0 Å². The van der Waals surface area contributed by atoms with Crippen molar-refractivity contribution in [2.45, 2.75) is 4.90 Å². The van der Waals surface area contributed by atoms with Gasteiger partial charge in [-0.25, -0.2) is 40.9 Å². The zero-order valence-corrected chi connectivity index (χ0v) is 22.5. The van der Waals surface area contributed by atoms with Gasteiger partial charge in [-0.3, -0.25) is 9.71 Å². The number of nitrogens with zero attached hydrogens (tertiary/aromatic N) is 4. The topological polar surface area (TPSA) is 110 Å². The van der Waals surface area contributed by atoms with E-state index in [1.54, 1.807) is 13.1 Å². The van der Waals surface area contributed by atoms with Crippen molar-refractivity contribution < 1.29 is 26.0 Å². The minimum Gasteiger partial charge on any atom is -0.357 e. The van der Waals surface area contributed by atoms with E-state index in [-0.39, 0.29) is 27.2 Å². The summed E-state index contributed by atoms with van der Waals surface area (Å²) in [4.78, 5) is 15.8. The summed E-state index contributed by atoms with van der Waals surface area (Å²) in [5.74, 6) is -4.24. The van der Waals surface area contributed by atoms with E-state index in [0.29, 0.717) is 16.1 Å². The largest absolute Gasteiger partial charge is 0.357 e. The summed E-state index contributed by atoms with van der Waals surface area (Å²) in [6.45, 7) is 0. The van der Waals surface area contributed by atoms with Crippen LogP contribution < -0.4 is 10.0 Å². The number of pyridine rings is 1. The molecule has 0 aliphatic carbocycles. The second-order valence-electron chi connectivity index (χ2n) is 8.08. The lowest BCUT2D eigenvalue weighted by molar-refractivity contribution is 0.521. The van der Waals surface area contributed by atoms with Gasteiger partial charge in [-0.05, 0) is 36.4 Å². The third kappa shape index (κ3) is 5.33. The Kier molecular flexibility index (Phi) is 7.40. The van der Waals surface area contributed by atoms with E-state index < -0.39 is 43.9 Å². The molecule has 0 atom stereocenters. The molecule has 204 valence electrons. The summed E-state index contributed by atoms with van der Waals surface area (Å²) in [5, 5.41) is 2.92. The first-order valence-corrected chi connectivity index (χ1v) is 13.8. The monoisotopic (exact) mass is 606 g/mol. The Morgan fingerprint density at radius 3 is 2.42 bits per heavy atom. The number of anilines is 2. The number of benzene rings is 2. The number of rotatable bonds is 7. The average Bonchev–Trinajstić information content (AvgIpc) is 3.35. The maximum absolute atomic E-state index is 16.0. The molecule has 2 N–H and O–H groups in total. The molecule has 3 heterocycles. The van der Waals surface area contributed by atoms with E-state index in [4.69, 9.17) is 11.6 Å². The third-order valence-corrected chi connectivity index (χ3v) is 8.18. The minimum absolute atomic E-state index is 0.0115. The molecule has 0 bridgehead atoms. The molecule has 0 amide bonds. The van der Waals surface area contributed by atoms with Crippen molar-refractivity contribution in [1.82, 2.24) is 19.9 Å². The Hall–Kier alpha value is -4.14. The fourth-order valence-corrected chi connectivity index (χ4v) is 6.14. The molecule has 5 aromatic rings. The maximum Gasteiger partial charge on any atom is 0.267 e. The van der Waals surface area contributed by atoms with Crippen LogP contribution in [0.5, 0.6) is 0 Å². The van der Waals surface area contributed by atoms with Gasteiger partial charge in [-0.2, -0.15) is 0 Å². The average molecular weight is 607 g/mol. The fraction of sp³-hybridized carbons (Fsp3) is 0.0400. The highest BCUT2D eigenvalue weighted by atomic mass is 35.5. The lowest BCUT2D eigenvalue weighted by Gasteiger charge is -2.13. The molecule has 5 rings (SSSR count). The molecule has 2 aromatic carbocycles. The lowest BCUT2D eigenvalue weighted by atomic mass is 10.1. The van der Waals surface area contributed by atoms with Gasteiger partial charge in [0.25, 0.3) is 10.0 Å². The Balaban J connectivity index is 1.69. The number of aromatic nitrogens is 4. The Morgan fingerprint density at radius 2 is 1.73 bits per heavy atom. The zero-order chi connectivity index (χ0) is 28.6. The summed E-state index contributed by atoms with van der Waals surface area (Å²) >= 11 is 7.27. The molecule has 15 heteroatoms. The van der Waals surface area contributed by atoms with Gasteiger partial charge in [0.15, 0.2) is 10.7 Å². The van der Waals surface area contributed by atoms with Gasteiger partial charge in [0.2, 0.25) is 5.95 Å². The van der Waals surface area contributed by atoms with Crippen LogP contribution in [0, 0.1) is 23.3 Å². The van der Waals surface area contributed by atoms with Crippen LogP contribution in [0.2, 0.25) is 5.02 Å². The molecular weight excluding hydrogens is 592 g/mol. The number of hydrogen-bond acceptors (Lipinski definition) is 8. The number of halogens is 5. The minimum atomic E-state index is -4.92. The van der Waals surface area contributed by atoms with Gasteiger partial charge in [0.1, 0.15) is 22.5 Å². The van der Waals surface area contributed by atoms with E-state index in [2.05, 4.69) is 25.3 Å². The quantitative estimate of drug-likeness (QED) is 0.207. The molecule has 0 unspecified atom stereocenters. The standard InChI is InChI=1S/C25H15ClF4N6O2S2/c1-31-25-33-6-5-18(34-25)22-21(35-24(39-22)12-7-14(27)11-32-10-12)15-8-13(26)9-19(20(15)30)36-40(37,38)23-16(28)3-2-4-17(23)29/h2-11,36H,1H3,(H,31,33,34). The Bertz CT molecular complexity index is 1850. The van der Waals surface area contributed by atoms with Crippen LogP contribution in [0.1, 0.15) is 0 Å². The first-order chi connectivity index (χ1) is 19.1. The molecule has 0 fully saturated rings. The van der Waals surface area contributed by atoms with E-state index in [1.165, 1.54) is 24.5 Å². The van der Waals surface area contributed by atoms with Gasteiger partial charge in [0, 0.05) is 35.6 Å². The predicted octanol–water partition coefficient (Wildman–Crippen LogP) is 6.38. The molecule has 0 saturated heterocycles. The van der Waals surface area contributed by atoms with Crippen LogP contribution in [-0.2, 0) is 10.0 Å². The van der Waals surface area contributed by atoms with Crippen molar-refractivity contribution >= 4 is 44.6 Å². The highest BCUT2D eigenvalue weighted by molar-refractivity contribution is 7.92. The lowest BCUT2D eigenvalue weighted by Crippen LogP contribution is -2.17. The van der Waals surface area contributed by atoms with Crippen LogP contribution in [-0.4, -0.2) is 35.4 Å². The SMILES string of the molecule is CNc1nccc(-c2sc(-c3cncc(F)c3)nc2-c2cc(Cl)cc(NS(=O)(=O)c3c(F)cccc3F)c2F)n1. The summed E-state index contributed by atoms with van der Waals surface area (Å²) in [7, 11) is -3.32. The van der Waals surface area contributed by atoms with Gasteiger partial charge in [-0.1, -0.05) is 17.7 Å². The third-order valence-electron chi connectivity index (χ3n) is 5.42. The van der Waals surface area contributed by atoms with Gasteiger partial charge >= 0.3 is 0 Å². The molecular formula is C25H15ClF4N6O2S2. The number of nitrogens with one attached hydrogen (secondary N) is 2. The van der Waals surface area contributed by atoms with Crippen LogP contribution in [0.3, 0.4) is 0 Å². The van der Waals surface area contributed by atoms with Gasteiger partial charge in [0.05, 0.1) is 28.1 Å². The molecule has 0 saturated carbocycles. The van der Waals surface area contributed by atoms with Gasteiger partial charge in [-0.15, -0.1) is 11.3 Å². The van der Waals surface area contributed by atoms with Crippen molar-refractivity contribution in [3.63, 3.8) is 0 Å². The van der Waals surface area contributed by atoms with E-state index in [0.717, 1.165) is 41.8 Å². The van der Waals surface area contributed by atoms with Crippen LogP contribution in [0.25, 0.3) is 32.4 Å². The Morgan fingerprint density at radius 1 is 0.975 bits per heavy atom. The summed E-state index contributed by atoms with van der Waals surface area (Å²) in [6, 6.07) is 7.37.